The van der Waals surface area contributed by atoms with Gasteiger partial charge in [-0.2, -0.15) is 0 Å². The molecule has 6 heteroatoms. The number of hydrogen-bond acceptors (Lipinski definition) is 5. The van der Waals surface area contributed by atoms with Crippen LogP contribution in [0.5, 0.6) is 0 Å². The number of nitrogen functional groups attached to an aromatic ring is 1. The van der Waals surface area contributed by atoms with Gasteiger partial charge >= 0.3 is 0 Å². The van der Waals surface area contributed by atoms with Gasteiger partial charge in [0.2, 0.25) is 0 Å². The monoisotopic (exact) mass is 358 g/mol. The van der Waals surface area contributed by atoms with Crippen molar-refractivity contribution in [3.8, 4) is 11.3 Å². The highest BCUT2D eigenvalue weighted by Crippen LogP contribution is 2.21. The number of para-hydroxylation sites is 1. The van der Waals surface area contributed by atoms with Gasteiger partial charge in [-0.3, -0.25) is 9.67 Å². The number of unbranched alkanes of at least 4 members (excludes halogenated alkanes) is 1. The molecule has 0 atom stereocenters. The first kappa shape index (κ1) is 17.0. The number of nitrogens with one attached hydrogen (secondary N) is 1. The van der Waals surface area contributed by atoms with Crippen LogP contribution in [0.1, 0.15) is 12.8 Å². The molecule has 2 aromatic heterocycles. The predicted molar refractivity (Wildman–Crippen MR) is 109 cm³/mol. The minimum Gasteiger partial charge on any atom is -0.399 e. The van der Waals surface area contributed by atoms with Gasteiger partial charge in [0.05, 0.1) is 17.4 Å². The molecule has 4 rings (SSSR count). The topological polar surface area (TPSA) is 81.6 Å². The summed E-state index contributed by atoms with van der Waals surface area (Å²) in [5.41, 5.74) is 10.5. The first-order valence-corrected chi connectivity index (χ1v) is 9.13. The van der Waals surface area contributed by atoms with Gasteiger partial charge in [0.1, 0.15) is 5.69 Å². The molecule has 0 unspecified atom stereocenters. The quantitative estimate of drug-likeness (QED) is 0.386. The molecule has 2 aromatic carbocycles. The van der Waals surface area contributed by atoms with E-state index in [9.17, 15) is 0 Å². The maximum atomic E-state index is 5.73. The molecule has 0 fully saturated rings. The summed E-state index contributed by atoms with van der Waals surface area (Å²) in [6.45, 7) is 1.74. The van der Waals surface area contributed by atoms with Crippen LogP contribution < -0.4 is 11.1 Å². The van der Waals surface area contributed by atoms with E-state index in [0.717, 1.165) is 59.5 Å². The van der Waals surface area contributed by atoms with Crippen LogP contribution in [0.3, 0.4) is 0 Å². The Bertz CT molecular complexity index is 1020. The summed E-state index contributed by atoms with van der Waals surface area (Å²) in [6.07, 6.45) is 5.88. The molecule has 0 aliphatic heterocycles. The Kier molecular flexibility index (Phi) is 4.96. The highest BCUT2D eigenvalue weighted by molar-refractivity contribution is 5.90. The summed E-state index contributed by atoms with van der Waals surface area (Å²) < 4.78 is 1.89. The number of aryl methyl sites for hydroxylation is 1. The molecular formula is C21H22N6. The van der Waals surface area contributed by atoms with Gasteiger partial charge in [-0.05, 0) is 37.1 Å². The van der Waals surface area contributed by atoms with E-state index >= 15 is 0 Å². The lowest BCUT2D eigenvalue weighted by molar-refractivity contribution is 0.548. The molecule has 0 spiro atoms. The molecule has 4 aromatic rings. The number of pyridine rings is 1. The van der Waals surface area contributed by atoms with E-state index in [2.05, 4.69) is 44.9 Å². The lowest BCUT2D eigenvalue weighted by Crippen LogP contribution is -2.05. The predicted octanol–water partition coefficient (Wildman–Crippen LogP) is 3.97. The second kappa shape index (κ2) is 7.86. The number of rotatable bonds is 7. The summed E-state index contributed by atoms with van der Waals surface area (Å²) in [5, 5.41) is 13.1. The van der Waals surface area contributed by atoms with Crippen LogP contribution in [0.25, 0.3) is 22.2 Å². The zero-order chi connectivity index (χ0) is 18.5. The first-order chi connectivity index (χ1) is 13.3. The van der Waals surface area contributed by atoms with Gasteiger partial charge in [0.25, 0.3) is 0 Å². The van der Waals surface area contributed by atoms with Gasteiger partial charge in [-0.1, -0.05) is 35.5 Å². The molecule has 6 nitrogen and oxygen atoms in total. The minimum atomic E-state index is 0.750. The van der Waals surface area contributed by atoms with Crippen molar-refractivity contribution >= 4 is 22.3 Å². The molecule has 0 saturated carbocycles. The number of aromatic nitrogens is 4. The smallest absolute Gasteiger partial charge is 0.113 e. The van der Waals surface area contributed by atoms with Gasteiger partial charge in [0, 0.05) is 35.9 Å². The normalized spacial score (nSPS) is 11.0. The molecule has 136 valence electrons. The molecule has 0 aliphatic rings. The van der Waals surface area contributed by atoms with Crippen molar-refractivity contribution in [1.82, 2.24) is 20.0 Å². The van der Waals surface area contributed by atoms with Crippen LogP contribution in [-0.4, -0.2) is 26.5 Å². The van der Waals surface area contributed by atoms with Gasteiger partial charge in [0.15, 0.2) is 0 Å². The number of nitrogens with zero attached hydrogens (tertiary/aromatic N) is 4. The maximum Gasteiger partial charge on any atom is 0.113 e. The van der Waals surface area contributed by atoms with Crippen molar-refractivity contribution in [1.29, 1.82) is 0 Å². The lowest BCUT2D eigenvalue weighted by atomic mass is 10.1. The largest absolute Gasteiger partial charge is 0.399 e. The summed E-state index contributed by atoms with van der Waals surface area (Å²) in [6, 6.07) is 17.9. The van der Waals surface area contributed by atoms with E-state index < -0.39 is 0 Å². The molecule has 0 saturated heterocycles. The zero-order valence-corrected chi connectivity index (χ0v) is 15.0. The SMILES string of the molecule is Nc1ccc(-c2cn(CCCCNc3cccc4cccnc34)nn2)cc1. The molecule has 27 heavy (non-hydrogen) atoms. The fourth-order valence-electron chi connectivity index (χ4n) is 3.06. The Hall–Kier alpha value is -3.41. The number of anilines is 2. The van der Waals surface area contributed by atoms with Crippen molar-refractivity contribution < 1.29 is 0 Å². The van der Waals surface area contributed by atoms with Gasteiger partial charge in [-0.15, -0.1) is 5.10 Å². The molecule has 0 radical (unpaired) electrons. The second-order valence-corrected chi connectivity index (χ2v) is 6.50. The third-order valence-electron chi connectivity index (χ3n) is 4.51. The average molecular weight is 358 g/mol. The Labute approximate surface area is 158 Å². The Balaban J connectivity index is 1.27. The number of benzene rings is 2. The van der Waals surface area contributed by atoms with E-state index in [1.807, 2.05) is 47.4 Å². The summed E-state index contributed by atoms with van der Waals surface area (Å²) in [4.78, 5) is 4.47. The Morgan fingerprint density at radius 2 is 1.81 bits per heavy atom. The average Bonchev–Trinajstić information content (AvgIpc) is 3.17. The van der Waals surface area contributed by atoms with Crippen molar-refractivity contribution in [3.63, 3.8) is 0 Å². The minimum absolute atomic E-state index is 0.750. The third-order valence-corrected chi connectivity index (χ3v) is 4.51. The van der Waals surface area contributed by atoms with Crippen molar-refractivity contribution in [3.05, 3.63) is 67.0 Å². The number of fused-ring (bicyclic) bond motifs is 1. The van der Waals surface area contributed by atoms with Crippen molar-refractivity contribution in [2.45, 2.75) is 19.4 Å². The molecule has 2 heterocycles. The third kappa shape index (κ3) is 4.06. The Morgan fingerprint density at radius 1 is 0.963 bits per heavy atom. The van der Waals surface area contributed by atoms with Crippen LogP contribution in [0.4, 0.5) is 11.4 Å². The number of hydrogen-bond donors (Lipinski definition) is 2. The summed E-state index contributed by atoms with van der Waals surface area (Å²) in [7, 11) is 0. The highest BCUT2D eigenvalue weighted by atomic mass is 15.4. The fraction of sp³-hybridized carbons (Fsp3) is 0.190. The standard InChI is InChI=1S/C21H22N6/c22-18-10-8-16(9-11-18)20-15-27(26-25-20)14-2-1-12-23-19-7-3-5-17-6-4-13-24-21(17)19/h3-11,13,15,23H,1-2,12,14,22H2. The van der Waals surface area contributed by atoms with Crippen molar-refractivity contribution in [2.24, 2.45) is 0 Å². The van der Waals surface area contributed by atoms with Crippen LogP contribution >= 0.6 is 0 Å². The van der Waals surface area contributed by atoms with Crippen LogP contribution in [0.2, 0.25) is 0 Å². The molecule has 0 aliphatic carbocycles. The van der Waals surface area contributed by atoms with Crippen molar-refractivity contribution in [2.75, 3.05) is 17.6 Å². The summed E-state index contributed by atoms with van der Waals surface area (Å²) in [5.74, 6) is 0. The highest BCUT2D eigenvalue weighted by Gasteiger charge is 2.04. The van der Waals surface area contributed by atoms with E-state index in [-0.39, 0.29) is 0 Å². The van der Waals surface area contributed by atoms with E-state index in [4.69, 9.17) is 5.73 Å². The number of nitrogens with two attached hydrogens (primary N) is 1. The first-order valence-electron chi connectivity index (χ1n) is 9.13. The van der Waals surface area contributed by atoms with E-state index in [1.165, 1.54) is 0 Å². The molecule has 0 bridgehead atoms. The van der Waals surface area contributed by atoms with Crippen LogP contribution in [-0.2, 0) is 6.54 Å². The van der Waals surface area contributed by atoms with Gasteiger partial charge < -0.3 is 11.1 Å². The van der Waals surface area contributed by atoms with Crippen LogP contribution in [0.15, 0.2) is 67.0 Å². The fourth-order valence-corrected chi connectivity index (χ4v) is 3.06. The van der Waals surface area contributed by atoms with Crippen LogP contribution in [0, 0.1) is 0 Å². The van der Waals surface area contributed by atoms with E-state index in [0.29, 0.717) is 0 Å². The molecule has 0 amide bonds. The molecule has 3 N–H and O–H groups in total. The zero-order valence-electron chi connectivity index (χ0n) is 15.0. The lowest BCUT2D eigenvalue weighted by Gasteiger charge is -2.08. The van der Waals surface area contributed by atoms with Gasteiger partial charge in [-0.25, -0.2) is 0 Å². The second-order valence-electron chi connectivity index (χ2n) is 6.50. The molecular weight excluding hydrogens is 336 g/mol. The van der Waals surface area contributed by atoms with E-state index in [1.54, 1.807) is 0 Å². The Morgan fingerprint density at radius 3 is 2.70 bits per heavy atom. The summed E-state index contributed by atoms with van der Waals surface area (Å²) >= 11 is 0. The maximum absolute atomic E-state index is 5.73.